The Morgan fingerprint density at radius 2 is 1.14 bits per heavy atom. The molecule has 0 bridgehead atoms. The molecule has 0 aromatic carbocycles. The lowest BCUT2D eigenvalue weighted by Crippen LogP contribution is -2.60. The third kappa shape index (κ3) is 23.2. The average Bonchev–Trinajstić information content (AvgIpc) is 3.10. The van der Waals surface area contributed by atoms with Gasteiger partial charge >= 0.3 is 0 Å². The number of carbonyl (C=O) groups is 1. The molecule has 1 rings (SSSR count). The van der Waals surface area contributed by atoms with Gasteiger partial charge in [-0.2, -0.15) is 0 Å². The number of hydrogen-bond acceptors (Lipinski definition) is 8. The first-order valence-electron chi connectivity index (χ1n) is 20.4. The van der Waals surface area contributed by atoms with Crippen LogP contribution in [0.3, 0.4) is 0 Å². The molecule has 1 fully saturated rings. The summed E-state index contributed by atoms with van der Waals surface area (Å²) in [5.74, 6) is -0.155. The zero-order valence-corrected chi connectivity index (χ0v) is 31.5. The molecule has 0 aromatic heterocycles. The van der Waals surface area contributed by atoms with Gasteiger partial charge in [-0.15, -0.1) is 0 Å². The van der Waals surface area contributed by atoms with Gasteiger partial charge in [-0.3, -0.25) is 4.79 Å². The molecule has 290 valence electrons. The Kier molecular flexibility index (Phi) is 29.7. The third-order valence-electron chi connectivity index (χ3n) is 9.87. The highest BCUT2D eigenvalue weighted by molar-refractivity contribution is 5.76. The SMILES string of the molecule is CCCCC/C=C\CCCCCCCC(=O)NC(COC1OC(CO)C(O)C(O)C1O)C(O)CCCCCCCCCCCCCCCC. The number of allylic oxidation sites excluding steroid dienone is 2. The topological polar surface area (TPSA) is 149 Å². The van der Waals surface area contributed by atoms with Crippen molar-refractivity contribution in [1.29, 1.82) is 0 Å². The van der Waals surface area contributed by atoms with Crippen LogP contribution >= 0.6 is 0 Å². The summed E-state index contributed by atoms with van der Waals surface area (Å²) in [6.07, 6.45) is 26.4. The summed E-state index contributed by atoms with van der Waals surface area (Å²) < 4.78 is 11.2. The summed E-state index contributed by atoms with van der Waals surface area (Å²) in [4.78, 5) is 12.9. The molecule has 0 spiro atoms. The third-order valence-corrected chi connectivity index (χ3v) is 9.87. The standard InChI is InChI=1S/C40H77NO8/c1-3-5-7-9-11-13-15-17-18-19-21-23-25-27-29-34(43)33(32-48-40-39(47)38(46)37(45)35(31-42)49-40)41-36(44)30-28-26-24-22-20-16-14-12-10-8-6-4-2/h12,14,33-35,37-40,42-43,45-47H,3-11,13,15-32H2,1-2H3,(H,41,44)/b14-12-. The van der Waals surface area contributed by atoms with Crippen LogP contribution in [0.15, 0.2) is 12.2 Å². The number of aliphatic hydroxyl groups is 5. The summed E-state index contributed by atoms with van der Waals surface area (Å²) in [6, 6.07) is -0.717. The summed E-state index contributed by atoms with van der Waals surface area (Å²) in [6.45, 7) is 3.79. The number of carbonyl (C=O) groups excluding carboxylic acids is 1. The van der Waals surface area contributed by atoms with Gasteiger partial charge in [0.1, 0.15) is 24.4 Å². The number of amides is 1. The summed E-state index contributed by atoms with van der Waals surface area (Å²) >= 11 is 0. The summed E-state index contributed by atoms with van der Waals surface area (Å²) in [7, 11) is 0. The van der Waals surface area contributed by atoms with Crippen molar-refractivity contribution in [1.82, 2.24) is 5.32 Å². The number of hydrogen-bond donors (Lipinski definition) is 6. The van der Waals surface area contributed by atoms with E-state index < -0.39 is 49.5 Å². The molecule has 0 aliphatic carbocycles. The molecule has 9 heteroatoms. The van der Waals surface area contributed by atoms with Crippen molar-refractivity contribution >= 4 is 5.91 Å². The summed E-state index contributed by atoms with van der Waals surface area (Å²) in [5.41, 5.74) is 0. The Morgan fingerprint density at radius 3 is 1.69 bits per heavy atom. The number of unbranched alkanes of at least 4 members (excludes halogenated alkanes) is 21. The van der Waals surface area contributed by atoms with Crippen LogP contribution in [0, 0.1) is 0 Å². The van der Waals surface area contributed by atoms with Gasteiger partial charge in [0, 0.05) is 6.42 Å². The van der Waals surface area contributed by atoms with E-state index in [1.54, 1.807) is 0 Å². The second kappa shape index (κ2) is 31.6. The molecule has 0 radical (unpaired) electrons. The highest BCUT2D eigenvalue weighted by Crippen LogP contribution is 2.23. The normalized spacial score (nSPS) is 22.5. The maximum absolute atomic E-state index is 12.9. The first kappa shape index (κ1) is 46.0. The fraction of sp³-hybridized carbons (Fsp3) is 0.925. The first-order valence-corrected chi connectivity index (χ1v) is 20.4. The van der Waals surface area contributed by atoms with Crippen LogP contribution in [-0.4, -0.2) is 87.5 Å². The molecule has 9 nitrogen and oxygen atoms in total. The first-order chi connectivity index (χ1) is 23.8. The number of ether oxygens (including phenoxy) is 2. The van der Waals surface area contributed by atoms with Gasteiger partial charge in [0.15, 0.2) is 6.29 Å². The van der Waals surface area contributed by atoms with Crippen molar-refractivity contribution in [2.75, 3.05) is 13.2 Å². The monoisotopic (exact) mass is 700 g/mol. The Labute approximate surface area is 299 Å². The number of aliphatic hydroxyl groups excluding tert-OH is 5. The zero-order valence-electron chi connectivity index (χ0n) is 31.5. The van der Waals surface area contributed by atoms with Gasteiger partial charge in [0.25, 0.3) is 0 Å². The largest absolute Gasteiger partial charge is 0.394 e. The smallest absolute Gasteiger partial charge is 0.220 e. The second-order valence-electron chi connectivity index (χ2n) is 14.4. The zero-order chi connectivity index (χ0) is 36.0. The Morgan fingerprint density at radius 1 is 0.673 bits per heavy atom. The van der Waals surface area contributed by atoms with E-state index in [4.69, 9.17) is 9.47 Å². The predicted molar refractivity (Wildman–Crippen MR) is 198 cm³/mol. The van der Waals surface area contributed by atoms with Crippen molar-refractivity contribution in [3.8, 4) is 0 Å². The number of rotatable bonds is 33. The summed E-state index contributed by atoms with van der Waals surface area (Å²) in [5, 5.41) is 54.1. The maximum atomic E-state index is 12.9. The Hall–Kier alpha value is -1.07. The van der Waals surface area contributed by atoms with Gasteiger partial charge < -0.3 is 40.3 Å². The van der Waals surface area contributed by atoms with Crippen LogP contribution in [0.2, 0.25) is 0 Å². The predicted octanol–water partition coefficient (Wildman–Crippen LogP) is 7.39. The molecule has 1 heterocycles. The van der Waals surface area contributed by atoms with Gasteiger partial charge in [-0.05, 0) is 38.5 Å². The molecule has 0 saturated carbocycles. The van der Waals surface area contributed by atoms with E-state index in [9.17, 15) is 30.3 Å². The fourth-order valence-corrected chi connectivity index (χ4v) is 6.51. The minimum Gasteiger partial charge on any atom is -0.394 e. The van der Waals surface area contributed by atoms with E-state index in [2.05, 4.69) is 31.3 Å². The van der Waals surface area contributed by atoms with Crippen LogP contribution in [-0.2, 0) is 14.3 Å². The van der Waals surface area contributed by atoms with Crippen molar-refractivity contribution in [3.05, 3.63) is 12.2 Å². The molecule has 1 saturated heterocycles. The Bertz CT molecular complexity index is 781. The molecular formula is C40H77NO8. The van der Waals surface area contributed by atoms with E-state index in [0.717, 1.165) is 51.4 Å². The molecular weight excluding hydrogens is 622 g/mol. The highest BCUT2D eigenvalue weighted by atomic mass is 16.7. The van der Waals surface area contributed by atoms with Crippen LogP contribution in [0.1, 0.15) is 181 Å². The van der Waals surface area contributed by atoms with Crippen LogP contribution in [0.4, 0.5) is 0 Å². The molecule has 7 atom stereocenters. The van der Waals surface area contributed by atoms with Gasteiger partial charge in [-0.1, -0.05) is 148 Å². The van der Waals surface area contributed by atoms with Gasteiger partial charge in [0.05, 0.1) is 25.4 Å². The molecule has 6 N–H and O–H groups in total. The fourth-order valence-electron chi connectivity index (χ4n) is 6.51. The molecule has 0 aromatic rings. The van der Waals surface area contributed by atoms with Gasteiger partial charge in [0.2, 0.25) is 5.91 Å². The lowest BCUT2D eigenvalue weighted by atomic mass is 9.99. The minimum absolute atomic E-state index is 0.139. The molecule has 1 aliphatic rings. The van der Waals surface area contributed by atoms with E-state index >= 15 is 0 Å². The quantitative estimate of drug-likeness (QED) is 0.0307. The average molecular weight is 700 g/mol. The second-order valence-corrected chi connectivity index (χ2v) is 14.4. The van der Waals surface area contributed by atoms with E-state index in [1.807, 2.05) is 0 Å². The van der Waals surface area contributed by atoms with Crippen molar-refractivity contribution < 1.29 is 39.8 Å². The van der Waals surface area contributed by atoms with E-state index in [0.29, 0.717) is 12.8 Å². The van der Waals surface area contributed by atoms with Crippen LogP contribution in [0.25, 0.3) is 0 Å². The van der Waals surface area contributed by atoms with Crippen LogP contribution in [0.5, 0.6) is 0 Å². The Balaban J connectivity index is 2.40. The van der Waals surface area contributed by atoms with Crippen LogP contribution < -0.4 is 5.32 Å². The van der Waals surface area contributed by atoms with Gasteiger partial charge in [-0.25, -0.2) is 0 Å². The van der Waals surface area contributed by atoms with E-state index in [-0.39, 0.29) is 12.5 Å². The minimum atomic E-state index is -1.55. The van der Waals surface area contributed by atoms with E-state index in [1.165, 1.54) is 103 Å². The molecule has 7 unspecified atom stereocenters. The highest BCUT2D eigenvalue weighted by Gasteiger charge is 2.44. The maximum Gasteiger partial charge on any atom is 0.220 e. The van der Waals surface area contributed by atoms with Crippen molar-refractivity contribution in [3.63, 3.8) is 0 Å². The number of nitrogens with one attached hydrogen (secondary N) is 1. The molecule has 1 amide bonds. The molecule has 1 aliphatic heterocycles. The van der Waals surface area contributed by atoms with Crippen molar-refractivity contribution in [2.45, 2.75) is 224 Å². The van der Waals surface area contributed by atoms with Crippen molar-refractivity contribution in [2.24, 2.45) is 0 Å². The lowest BCUT2D eigenvalue weighted by Gasteiger charge is -2.40. The molecule has 49 heavy (non-hydrogen) atoms. The lowest BCUT2D eigenvalue weighted by molar-refractivity contribution is -0.302.